The van der Waals surface area contributed by atoms with Crippen LogP contribution >= 0.6 is 11.3 Å². The number of nitrogens with zero attached hydrogens (tertiary/aromatic N) is 4. The number of likely N-dealkylation sites (tertiary alicyclic amines) is 1. The minimum atomic E-state index is -4.69. The largest absolute Gasteiger partial charge is 0.433 e. The molecule has 2 aliphatic heterocycles. The molecule has 47 heavy (non-hydrogen) atoms. The highest BCUT2D eigenvalue weighted by molar-refractivity contribution is 7.18. The number of nitrogens with one attached hydrogen (secondary N) is 2. The van der Waals surface area contributed by atoms with E-state index >= 15 is 0 Å². The number of piperidine rings is 2. The number of anilines is 1. The first-order chi connectivity index (χ1) is 22.2. The highest BCUT2D eigenvalue weighted by Crippen LogP contribution is 2.39. The standard InChI is InChI=1S/C33H33F3N6O4S/c1-32(2,46)22-14-25-26(15-24(22)39-30(45)23-4-3-5-27(38-23)33(34,35)36)47-31(40-25)18-10-12-42(13-11-18)17-20-7-6-19(16-37-20)21-8-9-28(43)41-29(21)44/h3-7,14-16,18,21,46H,8-13,17H2,1-2H3,(H,39,45)(H,41,43,44). The Morgan fingerprint density at radius 1 is 1.09 bits per heavy atom. The molecule has 1 aromatic carbocycles. The third-order valence-electron chi connectivity index (χ3n) is 8.54. The Bertz CT molecular complexity index is 1830. The summed E-state index contributed by atoms with van der Waals surface area (Å²) < 4.78 is 40.3. The van der Waals surface area contributed by atoms with Gasteiger partial charge in [0.2, 0.25) is 11.8 Å². The van der Waals surface area contributed by atoms with Gasteiger partial charge in [-0.05, 0) is 82.1 Å². The molecule has 6 rings (SSSR count). The number of carbonyl (C=O) groups excluding carboxylic acids is 3. The maximum absolute atomic E-state index is 13.2. The fourth-order valence-corrected chi connectivity index (χ4v) is 7.15. The Morgan fingerprint density at radius 2 is 1.85 bits per heavy atom. The van der Waals surface area contributed by atoms with Gasteiger partial charge in [-0.25, -0.2) is 9.97 Å². The van der Waals surface area contributed by atoms with E-state index in [2.05, 4.69) is 25.5 Å². The van der Waals surface area contributed by atoms with E-state index in [4.69, 9.17) is 4.98 Å². The van der Waals surface area contributed by atoms with Crippen LogP contribution in [-0.2, 0) is 27.9 Å². The van der Waals surface area contributed by atoms with Gasteiger partial charge in [-0.3, -0.25) is 29.6 Å². The molecule has 1 unspecified atom stereocenters. The molecule has 2 aliphatic rings. The Labute approximate surface area is 272 Å². The minimum Gasteiger partial charge on any atom is -0.386 e. The van der Waals surface area contributed by atoms with Crippen LogP contribution in [0.2, 0.25) is 0 Å². The summed E-state index contributed by atoms with van der Waals surface area (Å²) in [6.45, 7) is 5.45. The number of alkyl halides is 3. The van der Waals surface area contributed by atoms with Gasteiger partial charge in [-0.2, -0.15) is 13.2 Å². The Morgan fingerprint density at radius 3 is 2.51 bits per heavy atom. The second-order valence-corrected chi connectivity index (χ2v) is 13.5. The molecule has 3 N–H and O–H groups in total. The molecular formula is C33H33F3N6O4S. The average Bonchev–Trinajstić information content (AvgIpc) is 3.44. The zero-order valence-corrected chi connectivity index (χ0v) is 26.5. The van der Waals surface area contributed by atoms with Crippen LogP contribution in [-0.4, -0.2) is 55.8 Å². The van der Waals surface area contributed by atoms with Gasteiger partial charge < -0.3 is 10.4 Å². The quantitative estimate of drug-likeness (QED) is 0.221. The van der Waals surface area contributed by atoms with Crippen molar-refractivity contribution in [1.29, 1.82) is 0 Å². The summed E-state index contributed by atoms with van der Waals surface area (Å²) in [6, 6.07) is 10.4. The zero-order valence-electron chi connectivity index (χ0n) is 25.7. The normalized spacial score (nSPS) is 18.4. The van der Waals surface area contributed by atoms with Crippen LogP contribution in [0.3, 0.4) is 0 Å². The van der Waals surface area contributed by atoms with Crippen LogP contribution in [0.15, 0.2) is 48.7 Å². The Kier molecular flexibility index (Phi) is 8.85. The van der Waals surface area contributed by atoms with Crippen molar-refractivity contribution >= 4 is 45.0 Å². The van der Waals surface area contributed by atoms with Gasteiger partial charge >= 0.3 is 6.18 Å². The second kappa shape index (κ2) is 12.7. The van der Waals surface area contributed by atoms with Gasteiger partial charge in [0.25, 0.3) is 5.91 Å². The van der Waals surface area contributed by atoms with Crippen molar-refractivity contribution in [3.8, 4) is 0 Å². The van der Waals surface area contributed by atoms with Crippen LogP contribution < -0.4 is 10.6 Å². The molecule has 0 saturated carbocycles. The van der Waals surface area contributed by atoms with Gasteiger partial charge in [0.1, 0.15) is 11.4 Å². The van der Waals surface area contributed by atoms with Crippen LogP contribution in [0.25, 0.3) is 10.2 Å². The number of halogens is 3. The first-order valence-electron chi connectivity index (χ1n) is 15.3. The fraction of sp³-hybridized carbons (Fsp3) is 0.394. The van der Waals surface area contributed by atoms with Gasteiger partial charge in [0.05, 0.1) is 32.4 Å². The number of fused-ring (bicyclic) bond motifs is 1. The van der Waals surface area contributed by atoms with Crippen molar-refractivity contribution in [1.82, 2.24) is 25.2 Å². The number of aromatic nitrogens is 3. The van der Waals surface area contributed by atoms with Crippen molar-refractivity contribution in [2.75, 3.05) is 18.4 Å². The molecule has 4 aromatic rings. The first-order valence-corrected chi connectivity index (χ1v) is 16.1. The number of aliphatic hydroxyl groups is 1. The minimum absolute atomic E-state index is 0.212. The van der Waals surface area contributed by atoms with Crippen LogP contribution in [0, 0.1) is 0 Å². The van der Waals surface area contributed by atoms with E-state index in [-0.39, 0.29) is 35.0 Å². The lowest BCUT2D eigenvalue weighted by Gasteiger charge is -2.30. The second-order valence-electron chi connectivity index (χ2n) is 12.5. The molecule has 14 heteroatoms. The van der Waals surface area contributed by atoms with Gasteiger partial charge in [0, 0.05) is 36.3 Å². The van der Waals surface area contributed by atoms with Gasteiger partial charge in [-0.15, -0.1) is 11.3 Å². The number of imide groups is 1. The summed E-state index contributed by atoms with van der Waals surface area (Å²) in [4.78, 5) is 51.9. The lowest BCUT2D eigenvalue weighted by atomic mass is 9.91. The smallest absolute Gasteiger partial charge is 0.386 e. The number of pyridine rings is 2. The third kappa shape index (κ3) is 7.34. The van der Waals surface area contributed by atoms with Crippen LogP contribution in [0.5, 0.6) is 0 Å². The molecule has 1 atom stereocenters. The number of carbonyl (C=O) groups is 3. The monoisotopic (exact) mass is 666 g/mol. The van der Waals surface area contributed by atoms with Crippen LogP contribution in [0.4, 0.5) is 18.9 Å². The van der Waals surface area contributed by atoms with Gasteiger partial charge in [-0.1, -0.05) is 12.1 Å². The van der Waals surface area contributed by atoms with Crippen molar-refractivity contribution < 1.29 is 32.7 Å². The van der Waals surface area contributed by atoms with Crippen molar-refractivity contribution in [3.05, 3.63) is 81.9 Å². The number of amides is 3. The molecule has 0 aliphatic carbocycles. The Hall–Kier alpha value is -4.27. The van der Waals surface area contributed by atoms with Crippen molar-refractivity contribution in [2.24, 2.45) is 0 Å². The molecule has 0 spiro atoms. The maximum atomic E-state index is 13.2. The summed E-state index contributed by atoms with van der Waals surface area (Å²) >= 11 is 1.49. The number of thiazole rings is 1. The molecule has 3 aromatic heterocycles. The number of benzene rings is 1. The average molecular weight is 667 g/mol. The number of hydrogen-bond donors (Lipinski definition) is 3. The van der Waals surface area contributed by atoms with E-state index in [0.717, 1.165) is 59.0 Å². The van der Waals surface area contributed by atoms with Gasteiger partial charge in [0.15, 0.2) is 0 Å². The summed E-state index contributed by atoms with van der Waals surface area (Å²) in [6.07, 6.45) is -0.421. The van der Waals surface area contributed by atoms with E-state index in [9.17, 15) is 32.7 Å². The highest BCUT2D eigenvalue weighted by Gasteiger charge is 2.33. The van der Waals surface area contributed by atoms with Crippen molar-refractivity contribution in [3.63, 3.8) is 0 Å². The predicted molar refractivity (Wildman–Crippen MR) is 169 cm³/mol. The lowest BCUT2D eigenvalue weighted by molar-refractivity contribution is -0.141. The van der Waals surface area contributed by atoms with E-state index in [1.54, 1.807) is 32.2 Å². The molecule has 5 heterocycles. The van der Waals surface area contributed by atoms with Crippen LogP contribution in [0.1, 0.15) is 89.4 Å². The summed E-state index contributed by atoms with van der Waals surface area (Å²) in [5, 5.41) is 16.9. The molecule has 2 saturated heterocycles. The molecule has 0 bridgehead atoms. The van der Waals surface area contributed by atoms with Crippen molar-refractivity contribution in [2.45, 2.75) is 69.7 Å². The Balaban J connectivity index is 1.12. The molecule has 246 valence electrons. The van der Waals surface area contributed by atoms with E-state index in [1.165, 1.54) is 17.4 Å². The van der Waals surface area contributed by atoms with E-state index in [0.29, 0.717) is 30.5 Å². The summed E-state index contributed by atoms with van der Waals surface area (Å²) in [7, 11) is 0. The molecule has 10 nitrogen and oxygen atoms in total. The summed E-state index contributed by atoms with van der Waals surface area (Å²) in [5.41, 5.74) is 0.0914. The zero-order chi connectivity index (χ0) is 33.5. The SMILES string of the molecule is CC(C)(O)c1cc2nc(C3CCN(Cc4ccc(C5CCC(=O)NC5=O)cn4)CC3)sc2cc1NC(=O)c1cccc(C(F)(F)F)n1. The number of rotatable bonds is 7. The first kappa shape index (κ1) is 32.7. The number of hydrogen-bond acceptors (Lipinski definition) is 9. The highest BCUT2D eigenvalue weighted by atomic mass is 32.1. The lowest BCUT2D eigenvalue weighted by Crippen LogP contribution is -2.39. The molecule has 3 amide bonds. The topological polar surface area (TPSA) is 137 Å². The maximum Gasteiger partial charge on any atom is 0.433 e. The molecule has 2 fully saturated rings. The third-order valence-corrected chi connectivity index (χ3v) is 9.72. The predicted octanol–water partition coefficient (Wildman–Crippen LogP) is 5.48. The molecule has 0 radical (unpaired) electrons. The molecular weight excluding hydrogens is 633 g/mol. The fourth-order valence-electron chi connectivity index (χ4n) is 6.00. The van der Waals surface area contributed by atoms with E-state index in [1.807, 2.05) is 12.1 Å². The van der Waals surface area contributed by atoms with E-state index < -0.39 is 23.4 Å². The summed E-state index contributed by atoms with van der Waals surface area (Å²) in [5.74, 6) is -1.49.